The summed E-state index contributed by atoms with van der Waals surface area (Å²) < 4.78 is 15.3. The monoisotopic (exact) mass is 367 g/mol. The Morgan fingerprint density at radius 1 is 1.48 bits per heavy atom. The van der Waals surface area contributed by atoms with E-state index in [-0.39, 0.29) is 64.9 Å². The van der Waals surface area contributed by atoms with Gasteiger partial charge in [0.05, 0.1) is 13.0 Å². The standard InChI is InChI=1S/C9H14N3O8P.2Na/c10-6-1-2-12(9(16)11-6)8(15)7(14)5(3-13)20-4-21(17,18)19;;/h1-2,5,7,13-14H,3-4H2,(H2,10,11,16)(H2,17,18,19);;/q;2*+1/p-2/t5-,7+;;/m0../s1. The minimum Gasteiger partial charge on any atom is -0.809 e. The van der Waals surface area contributed by atoms with Crippen molar-refractivity contribution in [1.29, 1.82) is 0 Å². The van der Waals surface area contributed by atoms with E-state index in [0.29, 0.717) is 4.57 Å². The Labute approximate surface area is 174 Å². The average molecular weight is 367 g/mol. The molecule has 0 aliphatic carbocycles. The molecule has 0 saturated heterocycles. The third-order valence-corrected chi connectivity index (χ3v) is 2.76. The molecule has 0 aromatic carbocycles. The molecule has 2 atom stereocenters. The second-order valence-electron chi connectivity index (χ2n) is 3.92. The van der Waals surface area contributed by atoms with Crippen molar-refractivity contribution in [1.82, 2.24) is 9.55 Å². The van der Waals surface area contributed by atoms with Crippen molar-refractivity contribution >= 4 is 19.3 Å². The number of nitrogens with zero attached hydrogens (tertiary/aromatic N) is 2. The van der Waals surface area contributed by atoms with Crippen LogP contribution in [0.15, 0.2) is 17.1 Å². The van der Waals surface area contributed by atoms with Crippen molar-refractivity contribution in [2.45, 2.75) is 12.2 Å². The largest absolute Gasteiger partial charge is 1.00 e. The van der Waals surface area contributed by atoms with E-state index in [2.05, 4.69) is 9.72 Å². The van der Waals surface area contributed by atoms with Gasteiger partial charge in [-0.25, -0.2) is 9.36 Å². The molecule has 0 fully saturated rings. The number of nitrogen functional groups attached to an aromatic ring is 1. The Balaban J connectivity index is 0. The van der Waals surface area contributed by atoms with Crippen LogP contribution in [-0.2, 0) is 9.30 Å². The first kappa shape index (κ1) is 25.6. The minimum atomic E-state index is -5.04. The molecule has 4 N–H and O–H groups in total. The first-order valence-electron chi connectivity index (χ1n) is 5.46. The summed E-state index contributed by atoms with van der Waals surface area (Å²) in [5.41, 5.74) is 4.15. The van der Waals surface area contributed by atoms with Crippen LogP contribution < -0.4 is 80.3 Å². The average Bonchev–Trinajstić information content (AvgIpc) is 2.37. The van der Waals surface area contributed by atoms with Gasteiger partial charge in [0.15, 0.2) is 6.10 Å². The molecule has 0 spiro atoms. The number of carbonyl (C=O) groups excluding carboxylic acids is 1. The van der Waals surface area contributed by atoms with Gasteiger partial charge in [-0.3, -0.25) is 4.79 Å². The number of hydrogen-bond donors (Lipinski definition) is 3. The molecule has 118 valence electrons. The summed E-state index contributed by atoms with van der Waals surface area (Å²) >= 11 is 0. The summed E-state index contributed by atoms with van der Waals surface area (Å²) in [6, 6.07) is 1.12. The minimum absolute atomic E-state index is 0. The second-order valence-corrected chi connectivity index (χ2v) is 5.40. The van der Waals surface area contributed by atoms with Crippen LogP contribution in [0, 0.1) is 0 Å². The van der Waals surface area contributed by atoms with Gasteiger partial charge in [0.25, 0.3) is 5.91 Å². The third-order valence-electron chi connectivity index (χ3n) is 2.29. The van der Waals surface area contributed by atoms with E-state index in [9.17, 15) is 29.0 Å². The third kappa shape index (κ3) is 8.34. The fourth-order valence-corrected chi connectivity index (χ4v) is 1.69. The summed E-state index contributed by atoms with van der Waals surface area (Å²) in [7, 11) is -5.04. The van der Waals surface area contributed by atoms with Crippen molar-refractivity contribution < 1.29 is 93.2 Å². The quantitative estimate of drug-likeness (QED) is 0.321. The van der Waals surface area contributed by atoms with Crippen molar-refractivity contribution in [2.75, 3.05) is 18.7 Å². The van der Waals surface area contributed by atoms with Crippen molar-refractivity contribution in [3.63, 3.8) is 0 Å². The molecule has 0 aliphatic heterocycles. The zero-order valence-electron chi connectivity index (χ0n) is 12.5. The molecule has 11 nitrogen and oxygen atoms in total. The number of aliphatic hydroxyl groups excluding tert-OH is 2. The molecule has 1 heterocycles. The van der Waals surface area contributed by atoms with Gasteiger partial charge in [0, 0.05) is 6.20 Å². The van der Waals surface area contributed by atoms with E-state index >= 15 is 0 Å². The van der Waals surface area contributed by atoms with Gasteiger partial charge in [-0.05, 0) is 13.7 Å². The Kier molecular flexibility index (Phi) is 12.3. The maximum atomic E-state index is 11.8. The fraction of sp³-hybridized carbons (Fsp3) is 0.444. The zero-order chi connectivity index (χ0) is 16.2. The Morgan fingerprint density at radius 3 is 2.48 bits per heavy atom. The van der Waals surface area contributed by atoms with E-state index in [4.69, 9.17) is 10.8 Å². The number of ether oxygens (including phenoxy) is 1. The van der Waals surface area contributed by atoms with Gasteiger partial charge in [0.2, 0.25) is 0 Å². The maximum absolute atomic E-state index is 11.8. The maximum Gasteiger partial charge on any atom is 1.00 e. The molecule has 1 aromatic rings. The van der Waals surface area contributed by atoms with Crippen molar-refractivity contribution in [3.8, 4) is 0 Å². The summed E-state index contributed by atoms with van der Waals surface area (Å²) in [4.78, 5) is 47.3. The number of anilines is 1. The molecular formula is C9H12N3Na2O8P. The Morgan fingerprint density at radius 2 is 2.04 bits per heavy atom. The van der Waals surface area contributed by atoms with Gasteiger partial charge < -0.3 is 35.0 Å². The SMILES string of the molecule is Nc1ccn(C(=O)[C@H](O)[C@H](CO)OCP(=O)([O-])[O-])c(=O)n1.[Na+].[Na+]. The fourth-order valence-electron chi connectivity index (χ4n) is 1.32. The molecule has 0 unspecified atom stereocenters. The predicted octanol–water partition coefficient (Wildman–Crippen LogP) is -9.92. The van der Waals surface area contributed by atoms with Gasteiger partial charge >= 0.3 is 64.8 Å². The van der Waals surface area contributed by atoms with Crippen molar-refractivity contribution in [2.24, 2.45) is 0 Å². The van der Waals surface area contributed by atoms with E-state index < -0.39 is 44.4 Å². The van der Waals surface area contributed by atoms with Crippen LogP contribution in [0.5, 0.6) is 0 Å². The molecule has 0 radical (unpaired) electrons. The van der Waals surface area contributed by atoms with E-state index in [1.54, 1.807) is 0 Å². The number of aromatic nitrogens is 2. The van der Waals surface area contributed by atoms with Gasteiger partial charge in [0.1, 0.15) is 11.9 Å². The van der Waals surface area contributed by atoms with Crippen LogP contribution in [-0.4, -0.2) is 50.8 Å². The van der Waals surface area contributed by atoms with Gasteiger partial charge in [-0.1, -0.05) is 0 Å². The number of carbonyl (C=O) groups is 1. The Bertz CT molecular complexity index is 621. The number of aliphatic hydroxyl groups is 2. The molecular weight excluding hydrogens is 355 g/mol. The molecule has 1 rings (SSSR count). The summed E-state index contributed by atoms with van der Waals surface area (Å²) in [5.74, 6) is -1.37. The topological polar surface area (TPSA) is 191 Å². The summed E-state index contributed by atoms with van der Waals surface area (Å²) in [6.45, 7) is -0.954. The van der Waals surface area contributed by atoms with Crippen LogP contribution in [0.25, 0.3) is 0 Å². The number of hydrogen-bond acceptors (Lipinski definition) is 10. The van der Waals surface area contributed by atoms with E-state index in [0.717, 1.165) is 12.3 Å². The van der Waals surface area contributed by atoms with Crippen LogP contribution in [0.1, 0.15) is 4.79 Å². The van der Waals surface area contributed by atoms with Gasteiger partial charge in [-0.15, -0.1) is 0 Å². The Hall–Kier alpha value is 0.380. The smallest absolute Gasteiger partial charge is 0.809 e. The molecule has 1 aromatic heterocycles. The molecule has 0 saturated carbocycles. The van der Waals surface area contributed by atoms with Crippen molar-refractivity contribution in [3.05, 3.63) is 22.7 Å². The number of rotatable bonds is 6. The molecule has 0 bridgehead atoms. The number of nitrogens with two attached hydrogens (primary N) is 1. The second kappa shape index (κ2) is 11.1. The zero-order valence-corrected chi connectivity index (χ0v) is 17.4. The van der Waals surface area contributed by atoms with Crippen LogP contribution in [0.2, 0.25) is 0 Å². The van der Waals surface area contributed by atoms with Crippen LogP contribution in [0.4, 0.5) is 5.82 Å². The molecule has 0 amide bonds. The van der Waals surface area contributed by atoms with E-state index in [1.807, 2.05) is 0 Å². The van der Waals surface area contributed by atoms with Crippen LogP contribution >= 0.6 is 7.60 Å². The molecule has 0 aliphatic rings. The van der Waals surface area contributed by atoms with Gasteiger partial charge in [-0.2, -0.15) is 4.98 Å². The summed E-state index contributed by atoms with van der Waals surface area (Å²) in [5, 5.41) is 18.6. The summed E-state index contributed by atoms with van der Waals surface area (Å²) in [6.07, 6.45) is -4.16. The first-order valence-corrected chi connectivity index (χ1v) is 7.19. The molecule has 14 heteroatoms. The molecule has 23 heavy (non-hydrogen) atoms. The predicted molar refractivity (Wildman–Crippen MR) is 64.0 cm³/mol. The normalized spacial score (nSPS) is 13.4. The van der Waals surface area contributed by atoms with Crippen LogP contribution in [0.3, 0.4) is 0 Å². The van der Waals surface area contributed by atoms with E-state index in [1.165, 1.54) is 0 Å². The first-order chi connectivity index (χ1) is 9.65.